The Morgan fingerprint density at radius 1 is 1.25 bits per heavy atom. The van der Waals surface area contributed by atoms with E-state index in [0.717, 1.165) is 5.56 Å². The molecule has 4 heteroatoms. The van der Waals surface area contributed by atoms with Crippen molar-refractivity contribution in [1.82, 2.24) is 14.8 Å². The van der Waals surface area contributed by atoms with E-state index in [0.29, 0.717) is 5.82 Å². The van der Waals surface area contributed by atoms with Crippen LogP contribution in [0.3, 0.4) is 0 Å². The highest BCUT2D eigenvalue weighted by molar-refractivity contribution is 5.24. The Hall–Kier alpha value is -1.97. The average molecular weight is 215 g/mol. The van der Waals surface area contributed by atoms with Crippen molar-refractivity contribution in [2.45, 2.75) is 19.8 Å². The Labute approximate surface area is 93.6 Å². The van der Waals surface area contributed by atoms with Crippen molar-refractivity contribution >= 4 is 0 Å². The summed E-state index contributed by atoms with van der Waals surface area (Å²) in [5.74, 6) is 0.756. The molecule has 2 rings (SSSR count). The van der Waals surface area contributed by atoms with Crippen LogP contribution >= 0.6 is 0 Å². The van der Waals surface area contributed by atoms with Crippen LogP contribution in [0.1, 0.15) is 25.3 Å². The van der Waals surface area contributed by atoms with Gasteiger partial charge in [-0.15, -0.1) is 5.10 Å². The highest BCUT2D eigenvalue weighted by atomic mass is 16.1. The molecule has 0 N–H and O–H groups in total. The summed E-state index contributed by atoms with van der Waals surface area (Å²) in [6, 6.07) is 7.22. The van der Waals surface area contributed by atoms with Crippen LogP contribution in [-0.4, -0.2) is 14.8 Å². The summed E-state index contributed by atoms with van der Waals surface area (Å²) < 4.78 is 1.52. The summed E-state index contributed by atoms with van der Waals surface area (Å²) in [5.41, 5.74) is 0.756. The predicted molar refractivity (Wildman–Crippen MR) is 61.7 cm³/mol. The van der Waals surface area contributed by atoms with Crippen LogP contribution in [0.15, 0.2) is 41.5 Å². The third-order valence-electron chi connectivity index (χ3n) is 2.40. The lowest BCUT2D eigenvalue weighted by Gasteiger charge is -2.08. The molecule has 0 fully saturated rings. The molecule has 0 saturated carbocycles. The molecule has 16 heavy (non-hydrogen) atoms. The second-order valence-corrected chi connectivity index (χ2v) is 3.88. The van der Waals surface area contributed by atoms with Gasteiger partial charge in [0.15, 0.2) is 5.82 Å². The molecule has 0 radical (unpaired) electrons. The van der Waals surface area contributed by atoms with Gasteiger partial charge in [-0.25, -0.2) is 0 Å². The molecular formula is C12H13N3O. The van der Waals surface area contributed by atoms with Crippen LogP contribution in [0.2, 0.25) is 0 Å². The maximum atomic E-state index is 12.1. The Morgan fingerprint density at radius 2 is 2.06 bits per heavy atom. The summed E-state index contributed by atoms with van der Waals surface area (Å²) in [4.78, 5) is 12.1. The molecule has 82 valence electrons. The lowest BCUT2D eigenvalue weighted by atomic mass is 10.1. The standard InChI is InChI=1S/C12H13N3O/c1-9(2)10-5-4-8-15(12(10)16)11-6-3-7-13-14-11/h3-9H,1-2H3. The Bertz CT molecular complexity index is 531. The van der Waals surface area contributed by atoms with Gasteiger partial charge in [0.25, 0.3) is 5.56 Å². The van der Waals surface area contributed by atoms with Gasteiger partial charge in [-0.3, -0.25) is 9.36 Å². The molecule has 2 heterocycles. The Kier molecular flexibility index (Phi) is 2.81. The quantitative estimate of drug-likeness (QED) is 0.766. The highest BCUT2D eigenvalue weighted by Crippen LogP contribution is 2.09. The lowest BCUT2D eigenvalue weighted by Crippen LogP contribution is -2.23. The molecule has 2 aromatic rings. The molecule has 0 aliphatic carbocycles. The van der Waals surface area contributed by atoms with Crippen LogP contribution in [0.4, 0.5) is 0 Å². The van der Waals surface area contributed by atoms with Crippen molar-refractivity contribution in [3.63, 3.8) is 0 Å². The first-order chi connectivity index (χ1) is 7.70. The first kappa shape index (κ1) is 10.5. The zero-order valence-electron chi connectivity index (χ0n) is 9.29. The molecular weight excluding hydrogens is 202 g/mol. The van der Waals surface area contributed by atoms with E-state index in [1.165, 1.54) is 4.57 Å². The molecule has 0 aromatic carbocycles. The third kappa shape index (κ3) is 1.86. The molecule has 0 saturated heterocycles. The van der Waals surface area contributed by atoms with E-state index in [2.05, 4.69) is 10.2 Å². The minimum atomic E-state index is -0.0296. The molecule has 0 amide bonds. The number of nitrogens with zero attached hydrogens (tertiary/aromatic N) is 3. The third-order valence-corrected chi connectivity index (χ3v) is 2.40. The molecule has 0 aliphatic heterocycles. The van der Waals surface area contributed by atoms with Gasteiger partial charge in [-0.2, -0.15) is 5.10 Å². The second-order valence-electron chi connectivity index (χ2n) is 3.88. The zero-order valence-corrected chi connectivity index (χ0v) is 9.29. The maximum Gasteiger partial charge on any atom is 0.259 e. The van der Waals surface area contributed by atoms with Gasteiger partial charge >= 0.3 is 0 Å². The van der Waals surface area contributed by atoms with E-state index in [-0.39, 0.29) is 11.5 Å². The van der Waals surface area contributed by atoms with Crippen molar-refractivity contribution in [2.24, 2.45) is 0 Å². The fourth-order valence-corrected chi connectivity index (χ4v) is 1.55. The van der Waals surface area contributed by atoms with E-state index >= 15 is 0 Å². The Balaban J connectivity index is 2.60. The van der Waals surface area contributed by atoms with Gasteiger partial charge in [0, 0.05) is 18.0 Å². The van der Waals surface area contributed by atoms with E-state index < -0.39 is 0 Å². The minimum Gasteiger partial charge on any atom is -0.269 e. The van der Waals surface area contributed by atoms with E-state index in [1.54, 1.807) is 24.5 Å². The number of pyridine rings is 1. The molecule has 0 unspecified atom stereocenters. The van der Waals surface area contributed by atoms with Gasteiger partial charge in [-0.05, 0) is 24.1 Å². The smallest absolute Gasteiger partial charge is 0.259 e. The summed E-state index contributed by atoms with van der Waals surface area (Å²) in [5, 5.41) is 7.69. The van der Waals surface area contributed by atoms with Gasteiger partial charge < -0.3 is 0 Å². The summed E-state index contributed by atoms with van der Waals surface area (Å²) in [6.07, 6.45) is 3.29. The van der Waals surface area contributed by atoms with Crippen molar-refractivity contribution in [1.29, 1.82) is 0 Å². The maximum absolute atomic E-state index is 12.1. The molecule has 0 bridgehead atoms. The number of hydrogen-bond donors (Lipinski definition) is 0. The predicted octanol–water partition coefficient (Wildman–Crippen LogP) is 1.75. The largest absolute Gasteiger partial charge is 0.269 e. The number of hydrogen-bond acceptors (Lipinski definition) is 3. The summed E-state index contributed by atoms with van der Waals surface area (Å²) >= 11 is 0. The monoisotopic (exact) mass is 215 g/mol. The fraction of sp³-hybridized carbons (Fsp3) is 0.250. The van der Waals surface area contributed by atoms with Gasteiger partial charge in [0.05, 0.1) is 0 Å². The first-order valence-corrected chi connectivity index (χ1v) is 5.20. The average Bonchev–Trinajstić information content (AvgIpc) is 2.30. The van der Waals surface area contributed by atoms with Crippen LogP contribution in [0, 0.1) is 0 Å². The van der Waals surface area contributed by atoms with Gasteiger partial charge in [-0.1, -0.05) is 19.9 Å². The molecule has 4 nitrogen and oxygen atoms in total. The van der Waals surface area contributed by atoms with Crippen molar-refractivity contribution in [3.8, 4) is 5.82 Å². The van der Waals surface area contributed by atoms with Crippen molar-refractivity contribution in [3.05, 3.63) is 52.6 Å². The zero-order chi connectivity index (χ0) is 11.5. The normalized spacial score (nSPS) is 10.7. The second kappa shape index (κ2) is 4.26. The molecule has 0 spiro atoms. The van der Waals surface area contributed by atoms with E-state index in [9.17, 15) is 4.79 Å². The van der Waals surface area contributed by atoms with Crippen LogP contribution in [0.25, 0.3) is 5.82 Å². The molecule has 0 aliphatic rings. The summed E-state index contributed by atoms with van der Waals surface area (Å²) in [7, 11) is 0. The van der Waals surface area contributed by atoms with Gasteiger partial charge in [0.2, 0.25) is 0 Å². The first-order valence-electron chi connectivity index (χ1n) is 5.20. The fourth-order valence-electron chi connectivity index (χ4n) is 1.55. The van der Waals surface area contributed by atoms with Gasteiger partial charge in [0.1, 0.15) is 0 Å². The number of rotatable bonds is 2. The highest BCUT2D eigenvalue weighted by Gasteiger charge is 2.08. The SMILES string of the molecule is CC(C)c1cccn(-c2cccnn2)c1=O. The van der Waals surface area contributed by atoms with Crippen molar-refractivity contribution in [2.75, 3.05) is 0 Å². The van der Waals surface area contributed by atoms with Crippen molar-refractivity contribution < 1.29 is 0 Å². The molecule has 0 atom stereocenters. The number of aromatic nitrogens is 3. The Morgan fingerprint density at radius 3 is 2.69 bits per heavy atom. The summed E-state index contributed by atoms with van der Waals surface area (Å²) in [6.45, 7) is 4.00. The topological polar surface area (TPSA) is 47.8 Å². The lowest BCUT2D eigenvalue weighted by molar-refractivity contribution is 0.802. The van der Waals surface area contributed by atoms with Crippen LogP contribution in [0.5, 0.6) is 0 Å². The van der Waals surface area contributed by atoms with E-state index in [4.69, 9.17) is 0 Å². The van der Waals surface area contributed by atoms with Crippen LogP contribution < -0.4 is 5.56 Å². The minimum absolute atomic E-state index is 0.0296. The molecule has 2 aromatic heterocycles. The van der Waals surface area contributed by atoms with Crippen LogP contribution in [-0.2, 0) is 0 Å². The van der Waals surface area contributed by atoms with E-state index in [1.807, 2.05) is 26.0 Å².